The molecule has 0 saturated carbocycles. The third-order valence-electron chi connectivity index (χ3n) is 5.06. The topological polar surface area (TPSA) is 60.2 Å². The molecule has 2 N–H and O–H groups in total. The number of rotatable bonds is 19. The van der Waals surface area contributed by atoms with Crippen molar-refractivity contribution < 1.29 is 9.59 Å². The van der Waals surface area contributed by atoms with Crippen LogP contribution in [0.5, 0.6) is 0 Å². The van der Waals surface area contributed by atoms with Crippen molar-refractivity contribution >= 4 is 11.7 Å². The Kier molecular flexibility index (Phi) is 17.9. The first-order chi connectivity index (χ1) is 12.6. The highest BCUT2D eigenvalue weighted by Crippen LogP contribution is 2.14. The summed E-state index contributed by atoms with van der Waals surface area (Å²) in [6, 6.07) is 0. The normalized spacial score (nSPS) is 11.7. The predicted octanol–water partition coefficient (Wildman–Crippen LogP) is 6.64. The summed E-state index contributed by atoms with van der Waals surface area (Å²) in [4.78, 5) is 22.8. The molecule has 0 aromatic heterocycles. The van der Waals surface area contributed by atoms with Gasteiger partial charge in [0.1, 0.15) is 0 Å². The van der Waals surface area contributed by atoms with Gasteiger partial charge in [-0.3, -0.25) is 9.59 Å². The monoisotopic (exact) mass is 365 g/mol. The number of hydrogen-bond donors (Lipinski definition) is 1. The average Bonchev–Trinajstić information content (AvgIpc) is 2.62. The van der Waals surface area contributed by atoms with E-state index in [2.05, 4.69) is 6.92 Å². The summed E-state index contributed by atoms with van der Waals surface area (Å²) in [6.45, 7) is 4.11. The molecule has 0 fully saturated rings. The van der Waals surface area contributed by atoms with Crippen LogP contribution in [0.25, 0.3) is 0 Å². The van der Waals surface area contributed by atoms with Gasteiger partial charge in [0.2, 0.25) is 5.91 Å². The molecular weight excluding hydrogens is 322 g/mol. The highest BCUT2D eigenvalue weighted by molar-refractivity contribution is 6.00. The molecule has 0 rings (SSSR count). The van der Waals surface area contributed by atoms with E-state index in [1.54, 1.807) is 0 Å². The smallest absolute Gasteiger partial charge is 0.244 e. The van der Waals surface area contributed by atoms with Crippen LogP contribution in [0.15, 0.2) is 11.6 Å². The van der Waals surface area contributed by atoms with Gasteiger partial charge in [0, 0.05) is 12.0 Å². The Labute approximate surface area is 162 Å². The molecule has 0 aliphatic rings. The van der Waals surface area contributed by atoms with E-state index in [4.69, 9.17) is 5.73 Å². The molecule has 3 nitrogen and oxygen atoms in total. The maximum atomic E-state index is 11.8. The summed E-state index contributed by atoms with van der Waals surface area (Å²) in [5, 5.41) is 0. The van der Waals surface area contributed by atoms with E-state index in [9.17, 15) is 9.59 Å². The van der Waals surface area contributed by atoms with Gasteiger partial charge in [0.25, 0.3) is 0 Å². The largest absolute Gasteiger partial charge is 0.366 e. The van der Waals surface area contributed by atoms with Gasteiger partial charge >= 0.3 is 0 Å². The van der Waals surface area contributed by atoms with Crippen LogP contribution in [0.1, 0.15) is 123 Å². The number of carbonyl (C=O) groups is 2. The predicted molar refractivity (Wildman–Crippen MR) is 112 cm³/mol. The van der Waals surface area contributed by atoms with Gasteiger partial charge in [-0.05, 0) is 18.9 Å². The van der Waals surface area contributed by atoms with E-state index in [-0.39, 0.29) is 5.78 Å². The van der Waals surface area contributed by atoms with E-state index in [1.807, 2.05) is 6.92 Å². The molecule has 1 amide bonds. The van der Waals surface area contributed by atoms with Crippen molar-refractivity contribution in [2.24, 2.45) is 5.73 Å². The molecule has 0 radical (unpaired) electrons. The fourth-order valence-electron chi connectivity index (χ4n) is 3.28. The van der Waals surface area contributed by atoms with Crippen molar-refractivity contribution in [1.82, 2.24) is 0 Å². The highest BCUT2D eigenvalue weighted by atomic mass is 16.1. The number of amides is 1. The van der Waals surface area contributed by atoms with Crippen LogP contribution in [-0.2, 0) is 9.59 Å². The zero-order valence-corrected chi connectivity index (χ0v) is 17.5. The lowest BCUT2D eigenvalue weighted by Crippen LogP contribution is -2.14. The van der Waals surface area contributed by atoms with Gasteiger partial charge in [-0.15, -0.1) is 0 Å². The van der Waals surface area contributed by atoms with Crippen LogP contribution in [0, 0.1) is 0 Å². The Bertz CT molecular complexity index is 388. The van der Waals surface area contributed by atoms with E-state index < -0.39 is 5.91 Å². The van der Waals surface area contributed by atoms with Crippen molar-refractivity contribution in [3.8, 4) is 0 Å². The fraction of sp³-hybridized carbons (Fsp3) is 0.826. The minimum atomic E-state index is -0.475. The van der Waals surface area contributed by atoms with Crippen molar-refractivity contribution in [3.63, 3.8) is 0 Å². The summed E-state index contributed by atoms with van der Waals surface area (Å²) in [6.07, 6.45) is 22.3. The van der Waals surface area contributed by atoms with Crippen LogP contribution >= 0.6 is 0 Å². The van der Waals surface area contributed by atoms with Crippen LogP contribution in [0.4, 0.5) is 0 Å². The number of hydrogen-bond acceptors (Lipinski definition) is 2. The number of ketones is 1. The van der Waals surface area contributed by atoms with Crippen LogP contribution in [0.3, 0.4) is 0 Å². The zero-order chi connectivity index (χ0) is 19.5. The fourth-order valence-corrected chi connectivity index (χ4v) is 3.28. The second kappa shape index (κ2) is 18.7. The summed E-state index contributed by atoms with van der Waals surface area (Å²) in [7, 11) is 0. The number of unbranched alkanes of at least 4 members (excludes halogenated alkanes) is 14. The summed E-state index contributed by atoms with van der Waals surface area (Å²) in [5.41, 5.74) is 5.66. The summed E-state index contributed by atoms with van der Waals surface area (Å²) in [5.74, 6) is -0.437. The molecule has 0 aliphatic heterocycles. The van der Waals surface area contributed by atoms with Crippen LogP contribution in [-0.4, -0.2) is 11.7 Å². The first kappa shape index (κ1) is 24.9. The van der Waals surface area contributed by atoms with Gasteiger partial charge in [0.15, 0.2) is 5.78 Å². The Hall–Kier alpha value is -1.12. The first-order valence-electron chi connectivity index (χ1n) is 11.1. The molecule has 0 saturated heterocycles. The van der Waals surface area contributed by atoms with Crippen LogP contribution in [0.2, 0.25) is 0 Å². The lowest BCUT2D eigenvalue weighted by molar-refractivity contribution is -0.117. The molecule has 3 heteroatoms. The SMILES string of the molecule is CCCCCCCCCCCCCCCCCC(=O)C=C(CC)C(N)=O. The molecule has 0 bridgehead atoms. The highest BCUT2D eigenvalue weighted by Gasteiger charge is 2.05. The lowest BCUT2D eigenvalue weighted by Gasteiger charge is -2.03. The van der Waals surface area contributed by atoms with Gasteiger partial charge in [-0.1, -0.05) is 104 Å². The Morgan fingerprint density at radius 2 is 1.04 bits per heavy atom. The standard InChI is InChI=1S/C23H43NO2/c1-3-5-6-7-8-9-10-11-12-13-14-15-16-17-18-19-22(25)20-21(4-2)23(24)26/h20H,3-19H2,1-2H3,(H2,24,26). The van der Waals surface area contributed by atoms with Gasteiger partial charge in [0.05, 0.1) is 0 Å². The number of allylic oxidation sites excluding steroid dienone is 1. The number of primary amides is 1. The molecule has 26 heavy (non-hydrogen) atoms. The van der Waals surface area contributed by atoms with E-state index in [1.165, 1.54) is 89.5 Å². The van der Waals surface area contributed by atoms with Crippen LogP contribution < -0.4 is 5.73 Å². The second-order valence-electron chi connectivity index (χ2n) is 7.55. The van der Waals surface area contributed by atoms with Crippen molar-refractivity contribution in [3.05, 3.63) is 11.6 Å². The van der Waals surface area contributed by atoms with Gasteiger partial charge in [-0.2, -0.15) is 0 Å². The molecular formula is C23H43NO2. The quantitative estimate of drug-likeness (QED) is 0.206. The maximum absolute atomic E-state index is 11.8. The number of carbonyl (C=O) groups excluding carboxylic acids is 2. The summed E-state index contributed by atoms with van der Waals surface area (Å²) < 4.78 is 0. The summed E-state index contributed by atoms with van der Waals surface area (Å²) >= 11 is 0. The second-order valence-corrected chi connectivity index (χ2v) is 7.55. The minimum absolute atomic E-state index is 0.0374. The molecule has 152 valence electrons. The first-order valence-corrected chi connectivity index (χ1v) is 11.1. The van der Waals surface area contributed by atoms with E-state index >= 15 is 0 Å². The van der Waals surface area contributed by atoms with E-state index in [0.717, 1.165) is 12.8 Å². The maximum Gasteiger partial charge on any atom is 0.244 e. The van der Waals surface area contributed by atoms with Crippen molar-refractivity contribution in [2.75, 3.05) is 0 Å². The number of nitrogens with two attached hydrogens (primary N) is 1. The van der Waals surface area contributed by atoms with E-state index in [0.29, 0.717) is 18.4 Å². The Morgan fingerprint density at radius 3 is 1.38 bits per heavy atom. The average molecular weight is 366 g/mol. The third-order valence-corrected chi connectivity index (χ3v) is 5.06. The molecule has 0 aromatic rings. The molecule has 0 heterocycles. The zero-order valence-electron chi connectivity index (χ0n) is 17.5. The van der Waals surface area contributed by atoms with Crippen molar-refractivity contribution in [2.45, 2.75) is 123 Å². The molecule has 0 aliphatic carbocycles. The van der Waals surface area contributed by atoms with Gasteiger partial charge in [-0.25, -0.2) is 0 Å². The Balaban J connectivity index is 3.34. The molecule has 0 spiro atoms. The minimum Gasteiger partial charge on any atom is -0.366 e. The van der Waals surface area contributed by atoms with Gasteiger partial charge < -0.3 is 5.73 Å². The Morgan fingerprint density at radius 1 is 0.654 bits per heavy atom. The molecule has 0 unspecified atom stereocenters. The third kappa shape index (κ3) is 16.4. The lowest BCUT2D eigenvalue weighted by atomic mass is 10.0. The van der Waals surface area contributed by atoms with Crippen molar-refractivity contribution in [1.29, 1.82) is 0 Å². The molecule has 0 aromatic carbocycles. The molecule has 0 atom stereocenters.